The van der Waals surface area contributed by atoms with Crippen molar-refractivity contribution < 1.29 is 30.2 Å². The summed E-state index contributed by atoms with van der Waals surface area (Å²) < 4.78 is 77.8. The van der Waals surface area contributed by atoms with Gasteiger partial charge in [0.25, 0.3) is 0 Å². The first-order valence-corrected chi connectivity index (χ1v) is 8.64. The Morgan fingerprint density at radius 2 is 1.96 bits per heavy atom. The largest absolute Gasteiger partial charge is 0.534 e. The lowest BCUT2D eigenvalue weighted by molar-refractivity contribution is -0.0500. The number of alkyl halides is 3. The molecular weight excluding hydrogens is 338 g/mol. The Balaban J connectivity index is 1.98. The van der Waals surface area contributed by atoms with Gasteiger partial charge >= 0.3 is 15.6 Å². The standard InChI is InChI=1S/C14H15F4NO3S/c15-10-5-9-8-19-4-2-1-3-11(19)7-12(9)13(6-10)22-23(20,21)14(16,17)18/h5-6,11H,1-4,7-8H2. The highest BCUT2D eigenvalue weighted by atomic mass is 32.2. The number of hydrogen-bond acceptors (Lipinski definition) is 4. The van der Waals surface area contributed by atoms with Crippen LogP contribution in [0.15, 0.2) is 12.1 Å². The molecule has 1 fully saturated rings. The van der Waals surface area contributed by atoms with E-state index in [2.05, 4.69) is 9.08 Å². The Kier molecular flexibility index (Phi) is 4.04. The van der Waals surface area contributed by atoms with Gasteiger partial charge in [-0.05, 0) is 37.4 Å². The maximum atomic E-state index is 13.7. The highest BCUT2D eigenvalue weighted by molar-refractivity contribution is 7.88. The number of hydrogen-bond donors (Lipinski definition) is 0. The van der Waals surface area contributed by atoms with Gasteiger partial charge in [-0.2, -0.15) is 21.6 Å². The van der Waals surface area contributed by atoms with E-state index >= 15 is 0 Å². The summed E-state index contributed by atoms with van der Waals surface area (Å²) in [5, 5.41) is 0. The quantitative estimate of drug-likeness (QED) is 0.466. The van der Waals surface area contributed by atoms with Crippen LogP contribution in [0.25, 0.3) is 0 Å². The van der Waals surface area contributed by atoms with Crippen LogP contribution in [-0.4, -0.2) is 31.4 Å². The summed E-state index contributed by atoms with van der Waals surface area (Å²) in [6.45, 7) is 1.23. The molecule has 0 saturated carbocycles. The minimum Gasteiger partial charge on any atom is -0.376 e. The topological polar surface area (TPSA) is 46.6 Å². The number of nitrogens with zero attached hydrogens (tertiary/aromatic N) is 1. The van der Waals surface area contributed by atoms with Crippen LogP contribution in [0, 0.1) is 5.82 Å². The summed E-state index contributed by atoms with van der Waals surface area (Å²) in [6.07, 6.45) is 3.27. The molecule has 3 rings (SSSR count). The van der Waals surface area contributed by atoms with Crippen LogP contribution in [0.1, 0.15) is 30.4 Å². The van der Waals surface area contributed by atoms with Crippen molar-refractivity contribution in [2.75, 3.05) is 6.54 Å². The number of rotatable bonds is 2. The molecule has 23 heavy (non-hydrogen) atoms. The van der Waals surface area contributed by atoms with Gasteiger partial charge in [-0.1, -0.05) is 6.42 Å². The molecule has 1 aromatic carbocycles. The zero-order valence-electron chi connectivity index (χ0n) is 12.1. The predicted molar refractivity (Wildman–Crippen MR) is 73.8 cm³/mol. The molecule has 1 aromatic rings. The average Bonchev–Trinajstić information content (AvgIpc) is 2.43. The first kappa shape index (κ1) is 16.5. The Morgan fingerprint density at radius 1 is 1.22 bits per heavy atom. The molecule has 1 unspecified atom stereocenters. The Morgan fingerprint density at radius 3 is 2.65 bits per heavy atom. The van der Waals surface area contributed by atoms with Gasteiger partial charge in [0, 0.05) is 24.2 Å². The van der Waals surface area contributed by atoms with Gasteiger partial charge < -0.3 is 4.18 Å². The molecule has 0 amide bonds. The van der Waals surface area contributed by atoms with E-state index in [9.17, 15) is 26.0 Å². The van der Waals surface area contributed by atoms with Gasteiger partial charge in [-0.25, -0.2) is 4.39 Å². The van der Waals surface area contributed by atoms with Crippen molar-refractivity contribution in [3.63, 3.8) is 0 Å². The van der Waals surface area contributed by atoms with Crippen molar-refractivity contribution in [2.24, 2.45) is 0 Å². The monoisotopic (exact) mass is 353 g/mol. The highest BCUT2D eigenvalue weighted by Gasteiger charge is 2.49. The third kappa shape index (κ3) is 3.16. The van der Waals surface area contributed by atoms with E-state index in [1.54, 1.807) is 0 Å². The van der Waals surface area contributed by atoms with E-state index in [0.717, 1.165) is 25.8 Å². The van der Waals surface area contributed by atoms with Gasteiger partial charge in [0.15, 0.2) is 0 Å². The van der Waals surface area contributed by atoms with Gasteiger partial charge in [0.05, 0.1) is 0 Å². The normalized spacial score (nSPS) is 22.3. The van der Waals surface area contributed by atoms with Crippen molar-refractivity contribution >= 4 is 10.1 Å². The van der Waals surface area contributed by atoms with Crippen molar-refractivity contribution in [3.05, 3.63) is 29.1 Å². The van der Waals surface area contributed by atoms with E-state index in [4.69, 9.17) is 0 Å². The zero-order valence-corrected chi connectivity index (χ0v) is 12.9. The summed E-state index contributed by atoms with van der Waals surface area (Å²) >= 11 is 0. The van der Waals surface area contributed by atoms with Crippen molar-refractivity contribution in [2.45, 2.75) is 43.8 Å². The third-order valence-electron chi connectivity index (χ3n) is 4.31. The second-order valence-electron chi connectivity index (χ2n) is 5.85. The SMILES string of the molecule is O=S(=O)(Oc1cc(F)cc2c1CC1CCCCN1C2)C(F)(F)F. The minimum atomic E-state index is -5.81. The fourth-order valence-corrected chi connectivity index (χ4v) is 3.71. The fourth-order valence-electron chi connectivity index (χ4n) is 3.23. The van der Waals surface area contributed by atoms with Gasteiger partial charge in [0.1, 0.15) is 11.6 Å². The molecule has 0 aliphatic carbocycles. The maximum Gasteiger partial charge on any atom is 0.534 e. The van der Waals surface area contributed by atoms with Gasteiger partial charge in [-0.15, -0.1) is 0 Å². The first-order valence-electron chi connectivity index (χ1n) is 7.23. The van der Waals surface area contributed by atoms with Crippen molar-refractivity contribution in [1.29, 1.82) is 0 Å². The number of fused-ring (bicyclic) bond motifs is 2. The zero-order chi connectivity index (χ0) is 16.8. The van der Waals surface area contributed by atoms with Crippen molar-refractivity contribution in [3.8, 4) is 5.75 Å². The molecule has 2 heterocycles. The highest BCUT2D eigenvalue weighted by Crippen LogP contribution is 2.37. The molecule has 0 bridgehead atoms. The van der Waals surface area contributed by atoms with Crippen LogP contribution in [-0.2, 0) is 23.1 Å². The molecule has 0 spiro atoms. The molecule has 1 atom stereocenters. The molecule has 0 radical (unpaired) electrons. The van der Waals surface area contributed by atoms with Crippen molar-refractivity contribution in [1.82, 2.24) is 4.90 Å². The molecule has 9 heteroatoms. The summed E-state index contributed by atoms with van der Waals surface area (Å²) in [5.41, 5.74) is -4.71. The van der Waals surface area contributed by atoms with E-state index in [0.29, 0.717) is 30.2 Å². The molecule has 4 nitrogen and oxygen atoms in total. The second-order valence-corrected chi connectivity index (χ2v) is 7.39. The molecule has 2 aliphatic rings. The van der Waals surface area contributed by atoms with Gasteiger partial charge in [0.2, 0.25) is 0 Å². The first-order chi connectivity index (χ1) is 10.7. The maximum absolute atomic E-state index is 13.7. The van der Waals surface area contributed by atoms with E-state index in [-0.39, 0.29) is 6.04 Å². The molecule has 0 aromatic heterocycles. The van der Waals surface area contributed by atoms with E-state index < -0.39 is 27.2 Å². The third-order valence-corrected chi connectivity index (χ3v) is 5.28. The second kappa shape index (κ2) is 5.62. The smallest absolute Gasteiger partial charge is 0.376 e. The fraction of sp³-hybridized carbons (Fsp3) is 0.571. The number of benzene rings is 1. The van der Waals surface area contributed by atoms with Gasteiger partial charge in [-0.3, -0.25) is 4.90 Å². The summed E-state index contributed by atoms with van der Waals surface area (Å²) in [7, 11) is -5.81. The molecule has 128 valence electrons. The molecular formula is C14H15F4NO3S. The van der Waals surface area contributed by atoms with Crippen LogP contribution in [0.3, 0.4) is 0 Å². The molecule has 0 N–H and O–H groups in total. The van der Waals surface area contributed by atoms with Crippen LogP contribution in [0.2, 0.25) is 0 Å². The summed E-state index contributed by atoms with van der Waals surface area (Å²) in [5.74, 6) is -1.37. The number of piperidine rings is 1. The Hall–Kier alpha value is -1.35. The lowest BCUT2D eigenvalue weighted by Crippen LogP contribution is -2.43. The molecule has 2 aliphatic heterocycles. The molecule has 1 saturated heterocycles. The lowest BCUT2D eigenvalue weighted by Gasteiger charge is -2.40. The Labute approximate surface area is 131 Å². The van der Waals surface area contributed by atoms with E-state index in [1.807, 2.05) is 0 Å². The van der Waals surface area contributed by atoms with Crippen LogP contribution in [0.5, 0.6) is 5.75 Å². The lowest BCUT2D eigenvalue weighted by atomic mass is 9.88. The summed E-state index contributed by atoms with van der Waals surface area (Å²) in [6, 6.07) is 2.06. The average molecular weight is 353 g/mol. The summed E-state index contributed by atoms with van der Waals surface area (Å²) in [4.78, 5) is 2.15. The predicted octanol–water partition coefficient (Wildman–Crippen LogP) is 2.96. The number of halogens is 4. The van der Waals surface area contributed by atoms with E-state index in [1.165, 1.54) is 6.07 Å². The Bertz CT molecular complexity index is 717. The van der Waals surface area contributed by atoms with Crippen LogP contribution < -0.4 is 4.18 Å². The van der Waals surface area contributed by atoms with Crippen LogP contribution in [0.4, 0.5) is 17.6 Å². The minimum absolute atomic E-state index is 0.123. The van der Waals surface area contributed by atoms with Crippen LogP contribution >= 0.6 is 0 Å².